The molecule has 2 atom stereocenters. The summed E-state index contributed by atoms with van der Waals surface area (Å²) in [5.74, 6) is 0. The van der Waals surface area contributed by atoms with Crippen LogP contribution < -0.4 is 5.32 Å². The molecule has 1 aliphatic rings. The summed E-state index contributed by atoms with van der Waals surface area (Å²) in [4.78, 5) is 3.55. The zero-order valence-electron chi connectivity index (χ0n) is 7.40. The van der Waals surface area contributed by atoms with E-state index in [2.05, 4.69) is 22.3 Å². The highest BCUT2D eigenvalue weighted by Gasteiger charge is 2.28. The molecule has 1 saturated heterocycles. The number of nitrogens with one attached hydrogen (secondary N) is 1. The Labute approximate surface area is 78.4 Å². The highest BCUT2D eigenvalue weighted by atomic mass is 15.0. The Kier molecular flexibility index (Phi) is 2.29. The lowest BCUT2D eigenvalue weighted by molar-refractivity contribution is 0.646. The van der Waals surface area contributed by atoms with Crippen LogP contribution in [0.3, 0.4) is 0 Å². The van der Waals surface area contributed by atoms with Gasteiger partial charge < -0.3 is 10.2 Å². The van der Waals surface area contributed by atoms with Gasteiger partial charge in [-0.1, -0.05) is 30.3 Å². The molecule has 2 nitrogen and oxygen atoms in total. The van der Waals surface area contributed by atoms with Gasteiger partial charge in [0.05, 0.1) is 6.54 Å². The fraction of sp³-hybridized carbons (Fsp3) is 0.364. The summed E-state index contributed by atoms with van der Waals surface area (Å²) in [6, 6.07) is 10.9. The zero-order valence-corrected chi connectivity index (χ0v) is 7.40. The first-order chi connectivity index (χ1) is 6.40. The van der Waals surface area contributed by atoms with Crippen LogP contribution in [0.15, 0.2) is 30.3 Å². The lowest BCUT2D eigenvalue weighted by Crippen LogP contribution is -2.13. The van der Waals surface area contributed by atoms with Gasteiger partial charge in [0.25, 0.3) is 0 Å². The summed E-state index contributed by atoms with van der Waals surface area (Å²) in [6.07, 6.45) is 0.952. The summed E-state index contributed by atoms with van der Waals surface area (Å²) < 4.78 is 0. The largest absolute Gasteiger partial charge is 0.312 e. The van der Waals surface area contributed by atoms with E-state index < -0.39 is 0 Å². The van der Waals surface area contributed by atoms with Gasteiger partial charge in [0.2, 0.25) is 6.04 Å². The first kappa shape index (κ1) is 8.28. The van der Waals surface area contributed by atoms with Crippen molar-refractivity contribution in [2.45, 2.75) is 18.5 Å². The third-order valence-electron chi connectivity index (χ3n) is 2.49. The fourth-order valence-corrected chi connectivity index (χ4v) is 1.75. The quantitative estimate of drug-likeness (QED) is 0.641. The minimum atomic E-state index is 0.171. The van der Waals surface area contributed by atoms with E-state index in [4.69, 9.17) is 6.57 Å². The molecule has 66 valence electrons. The van der Waals surface area contributed by atoms with Crippen LogP contribution in [-0.2, 0) is 0 Å². The van der Waals surface area contributed by atoms with Gasteiger partial charge in [-0.25, -0.2) is 6.57 Å². The Morgan fingerprint density at radius 1 is 1.31 bits per heavy atom. The number of hydrogen-bond acceptors (Lipinski definition) is 1. The molecule has 0 radical (unpaired) electrons. The van der Waals surface area contributed by atoms with Crippen molar-refractivity contribution in [1.29, 1.82) is 0 Å². The van der Waals surface area contributed by atoms with E-state index in [1.54, 1.807) is 0 Å². The summed E-state index contributed by atoms with van der Waals surface area (Å²) in [7, 11) is 0. The second kappa shape index (κ2) is 3.59. The van der Waals surface area contributed by atoms with E-state index in [1.807, 2.05) is 18.2 Å². The Hall–Kier alpha value is -1.33. The van der Waals surface area contributed by atoms with Crippen LogP contribution in [0.25, 0.3) is 4.85 Å². The molecule has 1 aromatic rings. The van der Waals surface area contributed by atoms with Gasteiger partial charge in [0.15, 0.2) is 0 Å². The molecule has 0 spiro atoms. The summed E-state index contributed by atoms with van der Waals surface area (Å²) in [5, 5.41) is 3.36. The van der Waals surface area contributed by atoms with E-state index >= 15 is 0 Å². The molecule has 0 saturated carbocycles. The number of benzene rings is 1. The van der Waals surface area contributed by atoms with Crippen LogP contribution in [0.5, 0.6) is 0 Å². The van der Waals surface area contributed by atoms with Crippen molar-refractivity contribution in [2.75, 3.05) is 6.54 Å². The van der Waals surface area contributed by atoms with E-state index in [9.17, 15) is 0 Å². The number of hydrogen-bond donors (Lipinski definition) is 1. The average molecular weight is 172 g/mol. The standard InChI is InChI=1S/C11H12N2/c1-12-10-7-11(13-8-10)9-5-3-2-4-6-9/h2-6,10-11,13H,7-8H2/t10-,11+/m1/s1. The van der Waals surface area contributed by atoms with E-state index in [1.165, 1.54) is 5.56 Å². The van der Waals surface area contributed by atoms with Crippen LogP contribution in [0.2, 0.25) is 0 Å². The average Bonchev–Trinajstić information content (AvgIpc) is 2.67. The Bertz CT molecular complexity index is 313. The van der Waals surface area contributed by atoms with Gasteiger partial charge in [-0.05, 0) is 5.56 Å². The van der Waals surface area contributed by atoms with Crippen LogP contribution in [0.4, 0.5) is 0 Å². The molecule has 2 heteroatoms. The molecule has 2 rings (SSSR count). The molecular formula is C11H12N2. The molecule has 1 heterocycles. The molecule has 0 unspecified atom stereocenters. The maximum Gasteiger partial charge on any atom is 0.237 e. The van der Waals surface area contributed by atoms with E-state index in [-0.39, 0.29) is 6.04 Å². The smallest absolute Gasteiger partial charge is 0.237 e. The molecule has 1 N–H and O–H groups in total. The highest BCUT2D eigenvalue weighted by Crippen LogP contribution is 2.24. The van der Waals surface area contributed by atoms with Crippen LogP contribution in [-0.4, -0.2) is 12.6 Å². The SMILES string of the molecule is [C-]#[N+][C@H]1CN[C@H](c2ccccc2)C1. The van der Waals surface area contributed by atoms with E-state index in [0.717, 1.165) is 13.0 Å². The lowest BCUT2D eigenvalue weighted by atomic mass is 10.0. The minimum Gasteiger partial charge on any atom is -0.312 e. The monoisotopic (exact) mass is 172 g/mol. The van der Waals surface area contributed by atoms with Crippen molar-refractivity contribution >= 4 is 0 Å². The zero-order chi connectivity index (χ0) is 9.10. The highest BCUT2D eigenvalue weighted by molar-refractivity contribution is 5.21. The van der Waals surface area contributed by atoms with Crippen LogP contribution >= 0.6 is 0 Å². The first-order valence-electron chi connectivity index (χ1n) is 4.55. The predicted octanol–water partition coefficient (Wildman–Crippen LogP) is 2.01. The van der Waals surface area contributed by atoms with E-state index in [0.29, 0.717) is 6.04 Å². The van der Waals surface area contributed by atoms with Gasteiger partial charge >= 0.3 is 0 Å². The van der Waals surface area contributed by atoms with Crippen molar-refractivity contribution in [1.82, 2.24) is 5.32 Å². The summed E-state index contributed by atoms with van der Waals surface area (Å²) in [6.45, 7) is 7.77. The number of nitrogens with zero attached hydrogens (tertiary/aromatic N) is 1. The normalized spacial score (nSPS) is 27.0. The fourth-order valence-electron chi connectivity index (χ4n) is 1.75. The molecule has 0 amide bonds. The summed E-state index contributed by atoms with van der Waals surface area (Å²) >= 11 is 0. The molecule has 0 aliphatic carbocycles. The Balaban J connectivity index is 2.09. The molecule has 0 bridgehead atoms. The minimum absolute atomic E-state index is 0.171. The van der Waals surface area contributed by atoms with Crippen molar-refractivity contribution in [3.8, 4) is 0 Å². The topological polar surface area (TPSA) is 16.4 Å². The molecule has 1 aromatic carbocycles. The van der Waals surface area contributed by atoms with Gasteiger partial charge in [-0.2, -0.15) is 0 Å². The maximum absolute atomic E-state index is 6.94. The molecule has 1 aliphatic heterocycles. The van der Waals surface area contributed by atoms with Gasteiger partial charge in [0.1, 0.15) is 0 Å². The number of rotatable bonds is 1. The molecular weight excluding hydrogens is 160 g/mol. The molecule has 13 heavy (non-hydrogen) atoms. The maximum atomic E-state index is 6.94. The van der Waals surface area contributed by atoms with Gasteiger partial charge in [0, 0.05) is 12.5 Å². The van der Waals surface area contributed by atoms with Gasteiger partial charge in [-0.3, -0.25) is 0 Å². The van der Waals surface area contributed by atoms with Crippen LogP contribution in [0.1, 0.15) is 18.0 Å². The third-order valence-corrected chi connectivity index (χ3v) is 2.49. The lowest BCUT2D eigenvalue weighted by Gasteiger charge is -2.07. The second-order valence-corrected chi connectivity index (χ2v) is 3.39. The van der Waals surface area contributed by atoms with Crippen molar-refractivity contribution < 1.29 is 0 Å². The predicted molar refractivity (Wildman–Crippen MR) is 52.2 cm³/mol. The Morgan fingerprint density at radius 3 is 2.69 bits per heavy atom. The molecule has 1 fully saturated rings. The second-order valence-electron chi connectivity index (χ2n) is 3.39. The van der Waals surface area contributed by atoms with Crippen molar-refractivity contribution in [2.24, 2.45) is 0 Å². The van der Waals surface area contributed by atoms with Gasteiger partial charge in [-0.15, -0.1) is 0 Å². The first-order valence-corrected chi connectivity index (χ1v) is 4.55. The van der Waals surface area contributed by atoms with Crippen LogP contribution in [0, 0.1) is 6.57 Å². The van der Waals surface area contributed by atoms with Crippen molar-refractivity contribution in [3.05, 3.63) is 47.3 Å². The third kappa shape index (κ3) is 1.71. The molecule has 0 aromatic heterocycles. The van der Waals surface area contributed by atoms with Crippen molar-refractivity contribution in [3.63, 3.8) is 0 Å². The Morgan fingerprint density at radius 2 is 2.08 bits per heavy atom. The summed E-state index contributed by atoms with van der Waals surface area (Å²) in [5.41, 5.74) is 1.30.